The van der Waals surface area contributed by atoms with Crippen LogP contribution in [0.25, 0.3) is 10.8 Å². The van der Waals surface area contributed by atoms with Gasteiger partial charge in [-0.1, -0.05) is 0 Å². The second kappa shape index (κ2) is 7.19. The average Bonchev–Trinajstić information content (AvgIpc) is 3.61. The number of aromatic nitrogens is 3. The largest absolute Gasteiger partial charge is 0.367 e. The number of rotatable bonds is 3. The number of hydrogen-bond donors (Lipinski definition) is 0. The molecule has 30 heavy (non-hydrogen) atoms. The molecule has 154 valence electrons. The summed E-state index contributed by atoms with van der Waals surface area (Å²) in [5.41, 5.74) is 2.25. The highest BCUT2D eigenvalue weighted by atomic mass is 19.1. The number of benzene rings is 1. The molecule has 8 heteroatoms. The van der Waals surface area contributed by atoms with Gasteiger partial charge in [-0.15, -0.1) is 0 Å². The molecule has 3 heterocycles. The Labute approximate surface area is 172 Å². The van der Waals surface area contributed by atoms with Crippen molar-refractivity contribution < 1.29 is 9.18 Å². The number of halogens is 1. The summed E-state index contributed by atoms with van der Waals surface area (Å²) in [5.74, 6) is -0.159. The second-order valence-corrected chi connectivity index (χ2v) is 7.96. The van der Waals surface area contributed by atoms with E-state index in [0.29, 0.717) is 37.5 Å². The van der Waals surface area contributed by atoms with Gasteiger partial charge in [0.1, 0.15) is 5.82 Å². The summed E-state index contributed by atoms with van der Waals surface area (Å²) < 4.78 is 15.0. The monoisotopic (exact) mass is 407 g/mol. The van der Waals surface area contributed by atoms with Crippen LogP contribution in [0.5, 0.6) is 0 Å². The molecule has 1 saturated carbocycles. The molecular weight excluding hydrogens is 385 g/mol. The van der Waals surface area contributed by atoms with E-state index >= 15 is 0 Å². The first-order valence-electron chi connectivity index (χ1n) is 10.2. The van der Waals surface area contributed by atoms with E-state index in [0.717, 1.165) is 10.4 Å². The Morgan fingerprint density at radius 1 is 1.10 bits per heavy atom. The third kappa shape index (κ3) is 3.22. The number of aryl methyl sites for hydroxylation is 1. The van der Waals surface area contributed by atoms with Crippen LogP contribution in [0.15, 0.2) is 41.5 Å². The van der Waals surface area contributed by atoms with Crippen LogP contribution in [-0.4, -0.2) is 51.8 Å². The molecule has 0 unspecified atom stereocenters. The molecule has 3 aromatic rings. The first-order chi connectivity index (χ1) is 14.5. The Morgan fingerprint density at radius 2 is 1.87 bits per heavy atom. The van der Waals surface area contributed by atoms with Gasteiger partial charge in [-0.2, -0.15) is 5.10 Å². The summed E-state index contributed by atoms with van der Waals surface area (Å²) in [6.07, 6.45) is 6.19. The summed E-state index contributed by atoms with van der Waals surface area (Å²) in [6.45, 7) is 2.43. The van der Waals surface area contributed by atoms with Crippen LogP contribution in [0.1, 0.15) is 34.8 Å². The van der Waals surface area contributed by atoms with E-state index in [1.54, 1.807) is 4.90 Å². The first-order valence-corrected chi connectivity index (χ1v) is 10.2. The molecule has 7 nitrogen and oxygen atoms in total. The van der Waals surface area contributed by atoms with Crippen LogP contribution in [0.4, 0.5) is 10.1 Å². The number of carbonyl (C=O) groups is 1. The molecule has 1 amide bonds. The zero-order valence-electron chi connectivity index (χ0n) is 16.7. The molecule has 2 aromatic heterocycles. The lowest BCUT2D eigenvalue weighted by Gasteiger charge is -2.36. The van der Waals surface area contributed by atoms with E-state index < -0.39 is 5.82 Å². The zero-order valence-corrected chi connectivity index (χ0v) is 16.7. The Hall–Kier alpha value is -3.29. The van der Waals surface area contributed by atoms with Gasteiger partial charge in [0.15, 0.2) is 5.69 Å². The van der Waals surface area contributed by atoms with Gasteiger partial charge < -0.3 is 9.80 Å². The van der Waals surface area contributed by atoms with E-state index in [4.69, 9.17) is 0 Å². The van der Waals surface area contributed by atoms with Gasteiger partial charge in [-0.3, -0.25) is 14.6 Å². The molecule has 1 aromatic carbocycles. The molecule has 0 spiro atoms. The first kappa shape index (κ1) is 18.7. The molecular formula is C22H22FN5O2. The number of nitrogens with zero attached hydrogens (tertiary/aromatic N) is 5. The molecule has 0 radical (unpaired) electrons. The molecule has 2 fully saturated rings. The Balaban J connectivity index is 1.40. The number of hydrogen-bond acceptors (Lipinski definition) is 5. The standard InChI is InChI=1S/C22H22FN5O2/c1-26-21(29)17-5-4-15(23)12-18(17)20(25-26)22(30)28-10-8-27(9-11-28)19-13-24-7-6-16(19)14-2-3-14/h4-7,12-14H,2-3,8-11H2,1H3. The van der Waals surface area contributed by atoms with Crippen LogP contribution in [0.3, 0.4) is 0 Å². The third-order valence-corrected chi connectivity index (χ3v) is 5.97. The van der Waals surface area contributed by atoms with E-state index in [1.807, 2.05) is 12.4 Å². The maximum absolute atomic E-state index is 13.8. The van der Waals surface area contributed by atoms with Crippen molar-refractivity contribution in [3.63, 3.8) is 0 Å². The maximum Gasteiger partial charge on any atom is 0.275 e. The summed E-state index contributed by atoms with van der Waals surface area (Å²) in [6, 6.07) is 5.94. The molecule has 1 saturated heterocycles. The lowest BCUT2D eigenvalue weighted by atomic mass is 10.1. The van der Waals surface area contributed by atoms with Gasteiger partial charge in [-0.05, 0) is 48.6 Å². The highest BCUT2D eigenvalue weighted by Crippen LogP contribution is 2.44. The van der Waals surface area contributed by atoms with Crippen LogP contribution in [0, 0.1) is 5.82 Å². The van der Waals surface area contributed by atoms with Crippen molar-refractivity contribution in [1.29, 1.82) is 0 Å². The van der Waals surface area contributed by atoms with Crippen molar-refractivity contribution >= 4 is 22.4 Å². The number of fused-ring (bicyclic) bond motifs is 1. The second-order valence-electron chi connectivity index (χ2n) is 7.96. The predicted octanol–water partition coefficient (Wildman–Crippen LogP) is 2.31. The van der Waals surface area contributed by atoms with Crippen molar-refractivity contribution in [2.24, 2.45) is 7.05 Å². The quantitative estimate of drug-likeness (QED) is 0.666. The molecule has 1 aliphatic carbocycles. The lowest BCUT2D eigenvalue weighted by Crippen LogP contribution is -2.49. The maximum atomic E-state index is 13.8. The fraction of sp³-hybridized carbons (Fsp3) is 0.364. The molecule has 5 rings (SSSR count). The van der Waals surface area contributed by atoms with Gasteiger partial charge >= 0.3 is 0 Å². The smallest absolute Gasteiger partial charge is 0.275 e. The number of pyridine rings is 1. The summed E-state index contributed by atoms with van der Waals surface area (Å²) in [7, 11) is 1.50. The van der Waals surface area contributed by atoms with Crippen molar-refractivity contribution in [1.82, 2.24) is 19.7 Å². The third-order valence-electron chi connectivity index (χ3n) is 5.97. The zero-order chi connectivity index (χ0) is 20.8. The number of carbonyl (C=O) groups excluding carboxylic acids is 1. The minimum Gasteiger partial charge on any atom is -0.367 e. The fourth-order valence-corrected chi connectivity index (χ4v) is 4.18. The van der Waals surface area contributed by atoms with Crippen LogP contribution < -0.4 is 10.5 Å². The topological polar surface area (TPSA) is 71.3 Å². The summed E-state index contributed by atoms with van der Waals surface area (Å²) in [5, 5.41) is 4.71. The minimum atomic E-state index is -0.499. The number of piperazine rings is 1. The average molecular weight is 407 g/mol. The SMILES string of the molecule is Cn1nc(C(=O)N2CCN(c3cnccc3C3CC3)CC2)c2cc(F)ccc2c1=O. The van der Waals surface area contributed by atoms with Gasteiger partial charge in [0.05, 0.1) is 17.3 Å². The highest BCUT2D eigenvalue weighted by Gasteiger charge is 2.30. The molecule has 0 bridgehead atoms. The van der Waals surface area contributed by atoms with Crippen molar-refractivity contribution in [3.05, 3.63) is 64.1 Å². The van der Waals surface area contributed by atoms with Crippen LogP contribution >= 0.6 is 0 Å². The molecule has 0 atom stereocenters. The molecule has 0 N–H and O–H groups in total. The Morgan fingerprint density at radius 3 is 2.60 bits per heavy atom. The lowest BCUT2D eigenvalue weighted by molar-refractivity contribution is 0.0740. The molecule has 2 aliphatic rings. The fourth-order valence-electron chi connectivity index (χ4n) is 4.18. The Bertz CT molecular complexity index is 1200. The Kier molecular flexibility index (Phi) is 4.49. The normalized spacial score (nSPS) is 16.9. The predicted molar refractivity (Wildman–Crippen MR) is 111 cm³/mol. The van der Waals surface area contributed by atoms with Crippen molar-refractivity contribution in [2.45, 2.75) is 18.8 Å². The van der Waals surface area contributed by atoms with Gasteiger partial charge in [-0.25, -0.2) is 9.07 Å². The summed E-state index contributed by atoms with van der Waals surface area (Å²) in [4.78, 5) is 33.8. The highest BCUT2D eigenvalue weighted by molar-refractivity contribution is 6.04. The van der Waals surface area contributed by atoms with Crippen molar-refractivity contribution in [2.75, 3.05) is 31.1 Å². The van der Waals surface area contributed by atoms with E-state index in [1.165, 1.54) is 43.7 Å². The van der Waals surface area contributed by atoms with Crippen LogP contribution in [0.2, 0.25) is 0 Å². The number of anilines is 1. The van der Waals surface area contributed by atoms with Crippen molar-refractivity contribution in [3.8, 4) is 0 Å². The van der Waals surface area contributed by atoms with Gasteiger partial charge in [0.25, 0.3) is 11.5 Å². The minimum absolute atomic E-state index is 0.111. The number of amides is 1. The van der Waals surface area contributed by atoms with E-state index in [-0.39, 0.29) is 22.5 Å². The van der Waals surface area contributed by atoms with E-state index in [9.17, 15) is 14.0 Å². The molecule has 1 aliphatic heterocycles. The van der Waals surface area contributed by atoms with E-state index in [2.05, 4.69) is 21.0 Å². The van der Waals surface area contributed by atoms with Crippen LogP contribution in [-0.2, 0) is 7.05 Å². The van der Waals surface area contributed by atoms with Gasteiger partial charge in [0, 0.05) is 44.8 Å². The summed E-state index contributed by atoms with van der Waals surface area (Å²) >= 11 is 0. The van der Waals surface area contributed by atoms with Gasteiger partial charge in [0.2, 0.25) is 0 Å².